The van der Waals surface area contributed by atoms with E-state index in [9.17, 15) is 5.11 Å². The molecule has 1 aliphatic carbocycles. The van der Waals surface area contributed by atoms with Crippen molar-refractivity contribution in [3.63, 3.8) is 0 Å². The van der Waals surface area contributed by atoms with Gasteiger partial charge in [0.2, 0.25) is 0 Å². The Morgan fingerprint density at radius 1 is 1.26 bits per heavy atom. The van der Waals surface area contributed by atoms with Crippen molar-refractivity contribution in [3.05, 3.63) is 47.5 Å². The van der Waals surface area contributed by atoms with Gasteiger partial charge in [-0.3, -0.25) is 5.10 Å². The number of anilines is 1. The average Bonchev–Trinajstić information content (AvgIpc) is 2.92. The zero-order valence-electron chi connectivity index (χ0n) is 13.0. The first-order valence-electron chi connectivity index (χ1n) is 7.86. The monoisotopic (exact) mass is 309 g/mol. The maximum absolute atomic E-state index is 9.43. The molecule has 0 aliphatic heterocycles. The normalized spacial score (nSPS) is 20.4. The van der Waals surface area contributed by atoms with Crippen molar-refractivity contribution in [1.82, 2.24) is 20.2 Å². The number of fused-ring (bicyclic) bond motifs is 1. The number of aliphatic hydroxyl groups excluding tert-OH is 1. The number of aryl methyl sites for hydroxylation is 1. The second-order valence-corrected chi connectivity index (χ2v) is 6.23. The number of aliphatic hydroxyl groups is 1. The number of aromatic nitrogens is 4. The summed E-state index contributed by atoms with van der Waals surface area (Å²) >= 11 is 0. The van der Waals surface area contributed by atoms with Crippen molar-refractivity contribution in [1.29, 1.82) is 0 Å². The van der Waals surface area contributed by atoms with E-state index in [-0.39, 0.29) is 6.10 Å². The van der Waals surface area contributed by atoms with E-state index in [4.69, 9.17) is 0 Å². The van der Waals surface area contributed by atoms with Gasteiger partial charge < -0.3 is 10.4 Å². The summed E-state index contributed by atoms with van der Waals surface area (Å²) in [5.74, 6) is 1.15. The Balaban J connectivity index is 1.50. The van der Waals surface area contributed by atoms with E-state index in [1.165, 1.54) is 5.56 Å². The highest BCUT2D eigenvalue weighted by Crippen LogP contribution is 2.36. The van der Waals surface area contributed by atoms with E-state index < -0.39 is 0 Å². The maximum atomic E-state index is 9.43. The molecule has 1 aliphatic rings. The maximum Gasteiger partial charge on any atom is 0.129 e. The van der Waals surface area contributed by atoms with Gasteiger partial charge in [0.1, 0.15) is 12.1 Å². The van der Waals surface area contributed by atoms with Gasteiger partial charge in [-0.1, -0.05) is 11.6 Å². The Morgan fingerprint density at radius 3 is 2.96 bits per heavy atom. The summed E-state index contributed by atoms with van der Waals surface area (Å²) < 4.78 is 0. The first-order valence-corrected chi connectivity index (χ1v) is 7.86. The lowest BCUT2D eigenvalue weighted by Gasteiger charge is -2.30. The van der Waals surface area contributed by atoms with Crippen LogP contribution in [-0.4, -0.2) is 31.4 Å². The highest BCUT2D eigenvalue weighted by Gasteiger charge is 2.29. The predicted octanol–water partition coefficient (Wildman–Crippen LogP) is 2.51. The lowest BCUT2D eigenvalue weighted by molar-refractivity contribution is 0.0732. The third-order valence-electron chi connectivity index (χ3n) is 4.45. The number of benzene rings is 1. The first kappa shape index (κ1) is 14.1. The molecule has 0 bridgehead atoms. The van der Waals surface area contributed by atoms with Gasteiger partial charge in [-0.2, -0.15) is 5.10 Å². The molecule has 23 heavy (non-hydrogen) atoms. The summed E-state index contributed by atoms with van der Waals surface area (Å²) in [6.07, 6.45) is 2.99. The lowest BCUT2D eigenvalue weighted by Crippen LogP contribution is -2.27. The highest BCUT2D eigenvalue weighted by molar-refractivity contribution is 5.82. The molecule has 4 rings (SSSR count). The molecule has 1 aromatic carbocycles. The molecule has 2 heterocycles. The summed E-state index contributed by atoms with van der Waals surface area (Å²) in [5.41, 5.74) is 4.23. The summed E-state index contributed by atoms with van der Waals surface area (Å²) in [6, 6.07) is 8.19. The first-order chi connectivity index (χ1) is 11.2. The fourth-order valence-corrected chi connectivity index (χ4v) is 3.01. The van der Waals surface area contributed by atoms with E-state index in [1.807, 2.05) is 12.1 Å². The van der Waals surface area contributed by atoms with Crippen molar-refractivity contribution in [2.75, 3.05) is 5.32 Å². The van der Waals surface area contributed by atoms with Crippen molar-refractivity contribution < 1.29 is 5.11 Å². The molecule has 0 radical (unpaired) electrons. The zero-order chi connectivity index (χ0) is 15.8. The van der Waals surface area contributed by atoms with Crippen LogP contribution >= 0.6 is 0 Å². The van der Waals surface area contributed by atoms with Gasteiger partial charge in [0.15, 0.2) is 0 Å². The van der Waals surface area contributed by atoms with E-state index in [0.29, 0.717) is 12.5 Å². The largest absolute Gasteiger partial charge is 0.393 e. The minimum absolute atomic E-state index is 0.175. The van der Waals surface area contributed by atoms with Crippen LogP contribution < -0.4 is 5.32 Å². The van der Waals surface area contributed by atoms with Gasteiger partial charge in [-0.05, 0) is 31.9 Å². The predicted molar refractivity (Wildman–Crippen MR) is 88.2 cm³/mol. The third kappa shape index (κ3) is 2.77. The molecule has 0 amide bonds. The molecular weight excluding hydrogens is 290 g/mol. The average molecular weight is 309 g/mol. The Morgan fingerprint density at radius 2 is 2.13 bits per heavy atom. The Hall–Kier alpha value is -2.47. The number of aromatic amines is 1. The molecule has 6 heteroatoms. The molecule has 6 nitrogen and oxygen atoms in total. The van der Waals surface area contributed by atoms with Crippen molar-refractivity contribution in [3.8, 4) is 0 Å². The quantitative estimate of drug-likeness (QED) is 0.689. The minimum Gasteiger partial charge on any atom is -0.393 e. The summed E-state index contributed by atoms with van der Waals surface area (Å²) in [5, 5.41) is 21.3. The molecule has 2 aromatic heterocycles. The minimum atomic E-state index is -0.175. The van der Waals surface area contributed by atoms with E-state index in [2.05, 4.69) is 44.5 Å². The van der Waals surface area contributed by atoms with Crippen LogP contribution in [0.2, 0.25) is 0 Å². The van der Waals surface area contributed by atoms with E-state index >= 15 is 0 Å². The van der Waals surface area contributed by atoms with Gasteiger partial charge in [-0.25, -0.2) is 9.97 Å². The number of hydrogen-bond acceptors (Lipinski definition) is 5. The number of rotatable bonds is 4. The Labute approximate surface area is 134 Å². The summed E-state index contributed by atoms with van der Waals surface area (Å²) in [6.45, 7) is 2.71. The zero-order valence-corrected chi connectivity index (χ0v) is 13.0. The van der Waals surface area contributed by atoms with Crippen LogP contribution in [0.1, 0.15) is 35.7 Å². The second kappa shape index (κ2) is 5.62. The molecule has 3 N–H and O–H groups in total. The molecule has 1 fully saturated rings. The second-order valence-electron chi connectivity index (χ2n) is 6.23. The summed E-state index contributed by atoms with van der Waals surface area (Å²) in [4.78, 5) is 8.60. The summed E-state index contributed by atoms with van der Waals surface area (Å²) in [7, 11) is 0. The van der Waals surface area contributed by atoms with Crippen LogP contribution in [0, 0.1) is 6.92 Å². The van der Waals surface area contributed by atoms with Crippen molar-refractivity contribution >= 4 is 16.7 Å². The molecule has 0 atom stereocenters. The van der Waals surface area contributed by atoms with Gasteiger partial charge in [0.05, 0.1) is 23.9 Å². The molecule has 3 aromatic rings. The molecule has 0 saturated heterocycles. The Bertz CT molecular complexity index is 838. The van der Waals surface area contributed by atoms with Crippen molar-refractivity contribution in [2.24, 2.45) is 0 Å². The Kier molecular flexibility index (Phi) is 3.46. The fraction of sp³-hybridized carbons (Fsp3) is 0.353. The fourth-order valence-electron chi connectivity index (χ4n) is 3.01. The van der Waals surface area contributed by atoms with E-state index in [1.54, 1.807) is 6.33 Å². The number of H-pyrrole nitrogens is 1. The highest BCUT2D eigenvalue weighted by atomic mass is 16.3. The van der Waals surface area contributed by atoms with Gasteiger partial charge in [0.25, 0.3) is 0 Å². The van der Waals surface area contributed by atoms with Crippen LogP contribution in [0.15, 0.2) is 30.6 Å². The molecule has 1 saturated carbocycles. The molecule has 0 unspecified atom stereocenters. The smallest absolute Gasteiger partial charge is 0.129 e. The SMILES string of the molecule is Cc1ccc2n[nH]c(CNc3cc(C4CC(O)C4)ncn3)c2c1. The van der Waals surface area contributed by atoms with Crippen LogP contribution in [0.25, 0.3) is 10.9 Å². The molecular formula is C17H19N5O. The molecule has 0 spiro atoms. The van der Waals surface area contributed by atoms with Crippen LogP contribution in [0.3, 0.4) is 0 Å². The third-order valence-corrected chi connectivity index (χ3v) is 4.45. The standard InChI is InChI=1S/C17H19N5O/c1-10-2-3-14-13(4-10)16(22-21-14)8-18-17-7-15(19-9-20-17)11-5-12(23)6-11/h2-4,7,9,11-12,23H,5-6,8H2,1H3,(H,21,22)(H,18,19,20). The number of hydrogen-bond donors (Lipinski definition) is 3. The lowest BCUT2D eigenvalue weighted by atomic mass is 9.80. The van der Waals surface area contributed by atoms with Gasteiger partial charge in [0, 0.05) is 23.1 Å². The van der Waals surface area contributed by atoms with E-state index in [0.717, 1.165) is 41.0 Å². The number of nitrogens with one attached hydrogen (secondary N) is 2. The molecule has 118 valence electrons. The van der Waals surface area contributed by atoms with Gasteiger partial charge >= 0.3 is 0 Å². The topological polar surface area (TPSA) is 86.7 Å². The van der Waals surface area contributed by atoms with Crippen molar-refractivity contribution in [2.45, 2.75) is 38.3 Å². The van der Waals surface area contributed by atoms with Crippen LogP contribution in [0.4, 0.5) is 5.82 Å². The van der Waals surface area contributed by atoms with Crippen LogP contribution in [0.5, 0.6) is 0 Å². The van der Waals surface area contributed by atoms with Crippen LogP contribution in [-0.2, 0) is 6.54 Å². The van der Waals surface area contributed by atoms with Gasteiger partial charge in [-0.15, -0.1) is 0 Å². The number of nitrogens with zero attached hydrogens (tertiary/aromatic N) is 3.